The molecule has 0 spiro atoms. The van der Waals surface area contributed by atoms with Gasteiger partial charge in [-0.3, -0.25) is 0 Å². The third-order valence-electron chi connectivity index (χ3n) is 4.94. The van der Waals surface area contributed by atoms with Crippen molar-refractivity contribution in [2.24, 2.45) is 0 Å². The number of carbonyl (C=O) groups excluding carboxylic acids is 1. The lowest BCUT2D eigenvalue weighted by atomic mass is 10.1. The van der Waals surface area contributed by atoms with Gasteiger partial charge in [0.15, 0.2) is 0 Å². The number of hydrogen-bond acceptors (Lipinski definition) is 2. The molecule has 26 heavy (non-hydrogen) atoms. The monoisotopic (exact) mass is 358 g/mol. The number of benzene rings is 1. The van der Waals surface area contributed by atoms with Gasteiger partial charge in [0, 0.05) is 6.08 Å². The predicted molar refractivity (Wildman–Crippen MR) is 112 cm³/mol. The molecule has 0 heterocycles. The molecule has 0 bridgehead atoms. The van der Waals surface area contributed by atoms with Crippen molar-refractivity contribution in [3.8, 4) is 0 Å². The van der Waals surface area contributed by atoms with Crippen LogP contribution in [-0.4, -0.2) is 12.6 Å². The van der Waals surface area contributed by atoms with E-state index in [9.17, 15) is 4.79 Å². The van der Waals surface area contributed by atoms with Gasteiger partial charge in [-0.25, -0.2) is 4.79 Å². The van der Waals surface area contributed by atoms with Crippen molar-refractivity contribution < 1.29 is 9.53 Å². The van der Waals surface area contributed by atoms with Gasteiger partial charge in [-0.15, -0.1) is 0 Å². The van der Waals surface area contributed by atoms with Crippen molar-refractivity contribution in [2.45, 2.75) is 91.4 Å². The van der Waals surface area contributed by atoms with E-state index in [4.69, 9.17) is 4.74 Å². The van der Waals surface area contributed by atoms with Crippen molar-refractivity contribution >= 4 is 12.0 Å². The van der Waals surface area contributed by atoms with Gasteiger partial charge in [0.25, 0.3) is 0 Å². The van der Waals surface area contributed by atoms with Gasteiger partial charge in [0.2, 0.25) is 0 Å². The van der Waals surface area contributed by atoms with Gasteiger partial charge in [-0.2, -0.15) is 0 Å². The van der Waals surface area contributed by atoms with E-state index in [1.807, 2.05) is 12.1 Å². The Morgan fingerprint density at radius 2 is 1.42 bits per heavy atom. The lowest BCUT2D eigenvalue weighted by molar-refractivity contribution is -0.137. The molecule has 0 saturated carbocycles. The lowest BCUT2D eigenvalue weighted by Crippen LogP contribution is -2.02. The van der Waals surface area contributed by atoms with Gasteiger partial charge < -0.3 is 4.74 Å². The van der Waals surface area contributed by atoms with Crippen molar-refractivity contribution in [3.05, 3.63) is 41.0 Å². The Bertz CT molecular complexity index is 531. The van der Waals surface area contributed by atoms with Crippen LogP contribution < -0.4 is 0 Å². The quantitative estimate of drug-likeness (QED) is 0.200. The first kappa shape index (κ1) is 22.5. The molecule has 0 amide bonds. The fourth-order valence-corrected chi connectivity index (χ4v) is 3.02. The molecule has 0 atom stereocenters. The molecule has 1 aromatic rings. The highest BCUT2D eigenvalue weighted by Gasteiger charge is 1.99. The Balaban J connectivity index is 1.98. The molecule has 0 aliphatic heterocycles. The molecular formula is C24H38O2. The molecule has 0 aliphatic rings. The fraction of sp³-hybridized carbons (Fsp3) is 0.625. The molecule has 2 nitrogen and oxygen atoms in total. The maximum atomic E-state index is 11.7. The SMILES string of the molecule is CCCCCCCCCCCCCOC(=O)/C=C/c1ccc(C)c(C)c1. The topological polar surface area (TPSA) is 26.3 Å². The van der Waals surface area contributed by atoms with Crippen LogP contribution in [0.1, 0.15) is 94.2 Å². The van der Waals surface area contributed by atoms with E-state index in [1.54, 1.807) is 0 Å². The number of unbranched alkanes of at least 4 members (excludes halogenated alkanes) is 10. The van der Waals surface area contributed by atoms with Crippen molar-refractivity contribution in [1.29, 1.82) is 0 Å². The Hall–Kier alpha value is -1.57. The van der Waals surface area contributed by atoms with E-state index >= 15 is 0 Å². The lowest BCUT2D eigenvalue weighted by Gasteiger charge is -2.04. The highest BCUT2D eigenvalue weighted by atomic mass is 16.5. The zero-order valence-corrected chi connectivity index (χ0v) is 17.2. The highest BCUT2D eigenvalue weighted by Crippen LogP contribution is 2.12. The first-order chi connectivity index (χ1) is 12.6. The predicted octanol–water partition coefficient (Wildman–Crippen LogP) is 7.17. The summed E-state index contributed by atoms with van der Waals surface area (Å²) < 4.78 is 5.27. The van der Waals surface area contributed by atoms with E-state index in [1.165, 1.54) is 75.0 Å². The smallest absolute Gasteiger partial charge is 0.330 e. The molecule has 0 saturated heterocycles. The van der Waals surface area contributed by atoms with Crippen LogP contribution in [0.4, 0.5) is 0 Å². The van der Waals surface area contributed by atoms with E-state index in [0.717, 1.165) is 18.4 Å². The van der Waals surface area contributed by atoms with Crippen LogP contribution in [0.2, 0.25) is 0 Å². The molecule has 1 aromatic carbocycles. The minimum atomic E-state index is -0.240. The number of aryl methyl sites for hydroxylation is 2. The minimum absolute atomic E-state index is 0.240. The van der Waals surface area contributed by atoms with Crippen LogP contribution in [0.25, 0.3) is 6.08 Å². The summed E-state index contributed by atoms with van der Waals surface area (Å²) in [4.78, 5) is 11.7. The summed E-state index contributed by atoms with van der Waals surface area (Å²) in [6.07, 6.45) is 17.7. The molecule has 0 N–H and O–H groups in total. The Morgan fingerprint density at radius 3 is 2.00 bits per heavy atom. The van der Waals surface area contributed by atoms with Gasteiger partial charge in [0.1, 0.15) is 0 Å². The molecule has 0 aliphatic carbocycles. The maximum Gasteiger partial charge on any atom is 0.330 e. The maximum absolute atomic E-state index is 11.7. The fourth-order valence-electron chi connectivity index (χ4n) is 3.02. The second-order valence-electron chi connectivity index (χ2n) is 7.38. The Kier molecular flexibility index (Phi) is 12.6. The van der Waals surface area contributed by atoms with Crippen LogP contribution >= 0.6 is 0 Å². The second kappa shape index (κ2) is 14.6. The second-order valence-corrected chi connectivity index (χ2v) is 7.38. The third kappa shape index (κ3) is 11.1. The van der Waals surface area contributed by atoms with Crippen molar-refractivity contribution in [1.82, 2.24) is 0 Å². The highest BCUT2D eigenvalue weighted by molar-refractivity contribution is 5.87. The van der Waals surface area contributed by atoms with E-state index in [2.05, 4.69) is 32.9 Å². The molecule has 2 heteroatoms. The summed E-state index contributed by atoms with van der Waals surface area (Å²) >= 11 is 0. The van der Waals surface area contributed by atoms with Gasteiger partial charge in [-0.1, -0.05) is 89.3 Å². The summed E-state index contributed by atoms with van der Waals surface area (Å²) in [5, 5.41) is 0. The summed E-state index contributed by atoms with van der Waals surface area (Å²) in [5.74, 6) is -0.240. The largest absolute Gasteiger partial charge is 0.463 e. The average Bonchev–Trinajstić information content (AvgIpc) is 2.63. The Labute approximate surface area is 161 Å². The van der Waals surface area contributed by atoms with Crippen LogP contribution in [0.5, 0.6) is 0 Å². The molecule has 0 aromatic heterocycles. The molecule has 0 radical (unpaired) electrons. The first-order valence-electron chi connectivity index (χ1n) is 10.6. The Morgan fingerprint density at radius 1 is 0.846 bits per heavy atom. The summed E-state index contributed by atoms with van der Waals surface area (Å²) in [6, 6.07) is 6.18. The number of rotatable bonds is 14. The van der Waals surface area contributed by atoms with E-state index in [-0.39, 0.29) is 5.97 Å². The molecular weight excluding hydrogens is 320 g/mol. The minimum Gasteiger partial charge on any atom is -0.463 e. The molecule has 1 rings (SSSR count). The average molecular weight is 359 g/mol. The van der Waals surface area contributed by atoms with E-state index in [0.29, 0.717) is 6.61 Å². The summed E-state index contributed by atoms with van der Waals surface area (Å²) in [7, 11) is 0. The van der Waals surface area contributed by atoms with Gasteiger partial charge in [-0.05, 0) is 43.0 Å². The van der Waals surface area contributed by atoms with Crippen LogP contribution in [0.3, 0.4) is 0 Å². The number of hydrogen-bond donors (Lipinski definition) is 0. The zero-order valence-electron chi connectivity index (χ0n) is 17.2. The third-order valence-corrected chi connectivity index (χ3v) is 4.94. The van der Waals surface area contributed by atoms with Crippen LogP contribution in [0, 0.1) is 13.8 Å². The number of ether oxygens (including phenoxy) is 1. The normalized spacial score (nSPS) is 11.2. The summed E-state index contributed by atoms with van der Waals surface area (Å²) in [6.45, 7) is 6.97. The van der Waals surface area contributed by atoms with Crippen LogP contribution in [-0.2, 0) is 9.53 Å². The summed E-state index contributed by atoms with van der Waals surface area (Å²) in [5.41, 5.74) is 3.54. The van der Waals surface area contributed by atoms with Gasteiger partial charge >= 0.3 is 5.97 Å². The first-order valence-corrected chi connectivity index (χ1v) is 10.6. The van der Waals surface area contributed by atoms with Crippen molar-refractivity contribution in [2.75, 3.05) is 6.61 Å². The number of esters is 1. The van der Waals surface area contributed by atoms with Gasteiger partial charge in [0.05, 0.1) is 6.61 Å². The van der Waals surface area contributed by atoms with E-state index < -0.39 is 0 Å². The zero-order chi connectivity index (χ0) is 19.0. The molecule has 0 fully saturated rings. The standard InChI is InChI=1S/C24H38O2/c1-4-5-6-7-8-9-10-11-12-13-14-19-26-24(25)18-17-23-16-15-21(2)22(3)20-23/h15-18,20H,4-14,19H2,1-3H3/b18-17+. The molecule has 146 valence electrons. The number of carbonyl (C=O) groups is 1. The van der Waals surface area contributed by atoms with Crippen molar-refractivity contribution in [3.63, 3.8) is 0 Å². The molecule has 0 unspecified atom stereocenters. The van der Waals surface area contributed by atoms with Crippen LogP contribution in [0.15, 0.2) is 24.3 Å².